The molecule has 0 aliphatic carbocycles. The van der Waals surface area contributed by atoms with Crippen LogP contribution in [0.4, 0.5) is 0 Å². The summed E-state index contributed by atoms with van der Waals surface area (Å²) in [6.45, 7) is 4.30. The molecule has 1 aromatic rings. The third kappa shape index (κ3) is 5.71. The van der Waals surface area contributed by atoms with Gasteiger partial charge in [0.15, 0.2) is 0 Å². The Morgan fingerprint density at radius 2 is 2.15 bits per heavy atom. The minimum absolute atomic E-state index is 0.0570. The predicted molar refractivity (Wildman–Crippen MR) is 79.7 cm³/mol. The lowest BCUT2D eigenvalue weighted by Gasteiger charge is -2.19. The quantitative estimate of drug-likeness (QED) is 0.635. The number of carbonyl (C=O) groups excluding carboxylic acids is 2. The molecule has 20 heavy (non-hydrogen) atoms. The third-order valence-electron chi connectivity index (χ3n) is 2.96. The van der Waals surface area contributed by atoms with Crippen molar-refractivity contribution in [1.29, 1.82) is 0 Å². The number of thiophene rings is 1. The molecule has 6 heteroatoms. The van der Waals surface area contributed by atoms with Crippen LogP contribution in [0.25, 0.3) is 0 Å². The summed E-state index contributed by atoms with van der Waals surface area (Å²) in [7, 11) is 0. The lowest BCUT2D eigenvalue weighted by atomic mass is 10.1. The number of rotatable bonds is 8. The molecule has 0 bridgehead atoms. The maximum absolute atomic E-state index is 11.7. The lowest BCUT2D eigenvalue weighted by Crippen LogP contribution is -2.41. The summed E-state index contributed by atoms with van der Waals surface area (Å²) in [5.74, 6) is 0.00132. The van der Waals surface area contributed by atoms with Crippen molar-refractivity contribution < 1.29 is 14.7 Å². The van der Waals surface area contributed by atoms with Gasteiger partial charge in [0.25, 0.3) is 5.91 Å². The van der Waals surface area contributed by atoms with Gasteiger partial charge in [0.2, 0.25) is 5.91 Å². The molecule has 1 atom stereocenters. The van der Waals surface area contributed by atoms with Crippen LogP contribution in [0.5, 0.6) is 0 Å². The van der Waals surface area contributed by atoms with E-state index < -0.39 is 0 Å². The van der Waals surface area contributed by atoms with Gasteiger partial charge in [0.1, 0.15) is 0 Å². The van der Waals surface area contributed by atoms with Crippen molar-refractivity contribution in [3.05, 3.63) is 22.4 Å². The van der Waals surface area contributed by atoms with Crippen LogP contribution in [-0.2, 0) is 4.79 Å². The molecule has 0 radical (unpaired) electrons. The molecule has 1 aromatic heterocycles. The normalized spacial score (nSPS) is 12.2. The van der Waals surface area contributed by atoms with Crippen molar-refractivity contribution in [3.8, 4) is 0 Å². The van der Waals surface area contributed by atoms with Gasteiger partial charge in [-0.15, -0.1) is 11.3 Å². The van der Waals surface area contributed by atoms with Crippen molar-refractivity contribution in [2.75, 3.05) is 13.2 Å². The standard InChI is InChI=1S/C14H22N2O3S/c1-10(2)11(9-17)16-13(18)6-3-7-15-14(19)12-5-4-8-20-12/h4-5,8,10-11,17H,3,6-7,9H2,1-2H3,(H,15,19)(H,16,18). The molecule has 0 spiro atoms. The van der Waals surface area contributed by atoms with E-state index in [1.54, 1.807) is 6.07 Å². The van der Waals surface area contributed by atoms with Crippen LogP contribution in [0.1, 0.15) is 36.4 Å². The minimum Gasteiger partial charge on any atom is -0.394 e. The molecule has 0 saturated heterocycles. The smallest absolute Gasteiger partial charge is 0.261 e. The summed E-state index contributed by atoms with van der Waals surface area (Å²) in [4.78, 5) is 24.0. The SMILES string of the molecule is CC(C)C(CO)NC(=O)CCCNC(=O)c1cccs1. The largest absolute Gasteiger partial charge is 0.394 e. The van der Waals surface area contributed by atoms with Crippen LogP contribution in [0.3, 0.4) is 0 Å². The average molecular weight is 298 g/mol. The molecule has 112 valence electrons. The van der Waals surface area contributed by atoms with Crippen LogP contribution in [0, 0.1) is 5.92 Å². The maximum atomic E-state index is 11.7. The molecule has 1 heterocycles. The second kappa shape index (κ2) is 8.71. The molecular formula is C14H22N2O3S. The molecule has 0 saturated carbocycles. The number of hydrogen-bond donors (Lipinski definition) is 3. The number of amides is 2. The van der Waals surface area contributed by atoms with Gasteiger partial charge in [0.05, 0.1) is 17.5 Å². The first-order valence-corrected chi connectivity index (χ1v) is 7.64. The van der Waals surface area contributed by atoms with Gasteiger partial charge in [-0.2, -0.15) is 0 Å². The first-order chi connectivity index (χ1) is 9.54. The van der Waals surface area contributed by atoms with Gasteiger partial charge < -0.3 is 15.7 Å². The fraction of sp³-hybridized carbons (Fsp3) is 0.571. The molecular weight excluding hydrogens is 276 g/mol. The van der Waals surface area contributed by atoms with Gasteiger partial charge >= 0.3 is 0 Å². The topological polar surface area (TPSA) is 78.4 Å². The molecule has 0 aromatic carbocycles. The second-order valence-corrected chi connectivity index (χ2v) is 5.89. The molecule has 0 aliphatic rings. The Hall–Kier alpha value is -1.40. The third-order valence-corrected chi connectivity index (χ3v) is 3.83. The van der Waals surface area contributed by atoms with Crippen molar-refractivity contribution >= 4 is 23.2 Å². The highest BCUT2D eigenvalue weighted by Crippen LogP contribution is 2.07. The van der Waals surface area contributed by atoms with Gasteiger partial charge in [0, 0.05) is 13.0 Å². The van der Waals surface area contributed by atoms with Crippen LogP contribution < -0.4 is 10.6 Å². The number of nitrogens with one attached hydrogen (secondary N) is 2. The van der Waals surface area contributed by atoms with E-state index in [9.17, 15) is 9.59 Å². The number of aliphatic hydroxyl groups excluding tert-OH is 1. The highest BCUT2D eigenvalue weighted by atomic mass is 32.1. The Morgan fingerprint density at radius 1 is 1.40 bits per heavy atom. The average Bonchev–Trinajstić information content (AvgIpc) is 2.94. The highest BCUT2D eigenvalue weighted by Gasteiger charge is 2.14. The fourth-order valence-corrected chi connectivity index (χ4v) is 2.29. The maximum Gasteiger partial charge on any atom is 0.261 e. The van der Waals surface area contributed by atoms with Crippen molar-refractivity contribution in [3.63, 3.8) is 0 Å². The molecule has 1 unspecified atom stereocenters. The second-order valence-electron chi connectivity index (χ2n) is 4.94. The summed E-state index contributed by atoms with van der Waals surface area (Å²) in [5.41, 5.74) is 0. The Balaban J connectivity index is 2.17. The zero-order valence-corrected chi connectivity index (χ0v) is 12.7. The molecule has 2 amide bonds. The van der Waals surface area contributed by atoms with Gasteiger partial charge in [-0.25, -0.2) is 0 Å². The number of hydrogen-bond acceptors (Lipinski definition) is 4. The van der Waals surface area contributed by atoms with Crippen molar-refractivity contribution in [1.82, 2.24) is 10.6 Å². The van der Waals surface area contributed by atoms with Gasteiger partial charge in [-0.05, 0) is 23.8 Å². The summed E-state index contributed by atoms with van der Waals surface area (Å²) in [6.07, 6.45) is 0.924. The first kappa shape index (κ1) is 16.7. The van der Waals surface area contributed by atoms with E-state index in [1.807, 2.05) is 25.3 Å². The van der Waals surface area contributed by atoms with Crippen molar-refractivity contribution in [2.24, 2.45) is 5.92 Å². The molecule has 3 N–H and O–H groups in total. The molecule has 1 rings (SSSR count). The molecule has 0 aliphatic heterocycles. The van der Waals surface area contributed by atoms with E-state index in [2.05, 4.69) is 10.6 Å². The van der Waals surface area contributed by atoms with E-state index in [0.29, 0.717) is 24.3 Å². The fourth-order valence-electron chi connectivity index (χ4n) is 1.65. The van der Waals surface area contributed by atoms with Crippen LogP contribution >= 0.6 is 11.3 Å². The molecule has 0 fully saturated rings. The van der Waals surface area contributed by atoms with Crippen LogP contribution in [-0.4, -0.2) is 36.1 Å². The number of aliphatic hydroxyl groups is 1. The Kier molecular flexibility index (Phi) is 7.25. The van der Waals surface area contributed by atoms with E-state index in [0.717, 1.165) is 0 Å². The minimum atomic E-state index is -0.205. The zero-order chi connectivity index (χ0) is 15.0. The van der Waals surface area contributed by atoms with Crippen LogP contribution in [0.2, 0.25) is 0 Å². The van der Waals surface area contributed by atoms with E-state index in [-0.39, 0.29) is 30.4 Å². The Labute approximate surface area is 123 Å². The Morgan fingerprint density at radius 3 is 2.70 bits per heavy atom. The van der Waals surface area contributed by atoms with Crippen molar-refractivity contribution in [2.45, 2.75) is 32.7 Å². The van der Waals surface area contributed by atoms with Gasteiger partial charge in [-0.3, -0.25) is 9.59 Å². The zero-order valence-electron chi connectivity index (χ0n) is 11.9. The summed E-state index contributed by atoms with van der Waals surface area (Å²) >= 11 is 1.39. The Bertz CT molecular complexity index is 418. The summed E-state index contributed by atoms with van der Waals surface area (Å²) in [5, 5.41) is 16.5. The van der Waals surface area contributed by atoms with Gasteiger partial charge in [-0.1, -0.05) is 19.9 Å². The van der Waals surface area contributed by atoms with E-state index >= 15 is 0 Å². The van der Waals surface area contributed by atoms with Crippen LogP contribution in [0.15, 0.2) is 17.5 Å². The van der Waals surface area contributed by atoms with E-state index in [4.69, 9.17) is 5.11 Å². The molecule has 5 nitrogen and oxygen atoms in total. The first-order valence-electron chi connectivity index (χ1n) is 6.76. The summed E-state index contributed by atoms with van der Waals surface area (Å²) in [6, 6.07) is 3.39. The highest BCUT2D eigenvalue weighted by molar-refractivity contribution is 7.12. The summed E-state index contributed by atoms with van der Waals surface area (Å²) < 4.78 is 0. The number of carbonyl (C=O) groups is 2. The predicted octanol–water partition coefficient (Wildman–Crippen LogP) is 1.39. The lowest BCUT2D eigenvalue weighted by molar-refractivity contribution is -0.122. The monoisotopic (exact) mass is 298 g/mol. The van der Waals surface area contributed by atoms with E-state index in [1.165, 1.54) is 11.3 Å².